The minimum Gasteiger partial charge on any atom is -0.378 e. The van der Waals surface area contributed by atoms with Crippen molar-refractivity contribution in [3.63, 3.8) is 0 Å². The Hall–Kier alpha value is -2.99. The van der Waals surface area contributed by atoms with Crippen molar-refractivity contribution in [2.75, 3.05) is 31.2 Å². The van der Waals surface area contributed by atoms with Gasteiger partial charge in [-0.2, -0.15) is 0 Å². The summed E-state index contributed by atoms with van der Waals surface area (Å²) in [6.45, 7) is 3.45. The second-order valence-corrected chi connectivity index (χ2v) is 6.18. The molecule has 0 saturated carbocycles. The molecule has 1 saturated heterocycles. The Labute approximate surface area is 151 Å². The average Bonchev–Trinajstić information content (AvgIpc) is 2.72. The van der Waals surface area contributed by atoms with Crippen molar-refractivity contribution in [1.29, 1.82) is 0 Å². The number of anilines is 1. The maximum absolute atomic E-state index is 12.7. The normalized spacial score (nSPS) is 14.4. The van der Waals surface area contributed by atoms with E-state index >= 15 is 0 Å². The molecule has 132 valence electrons. The van der Waals surface area contributed by atoms with Crippen molar-refractivity contribution in [3.05, 3.63) is 66.1 Å². The molecule has 0 aliphatic carbocycles. The third-order valence-electron chi connectivity index (χ3n) is 4.51. The largest absolute Gasteiger partial charge is 0.378 e. The third-order valence-corrected chi connectivity index (χ3v) is 4.51. The Morgan fingerprint density at radius 1 is 1.08 bits per heavy atom. The average molecular weight is 348 g/mol. The van der Waals surface area contributed by atoms with Crippen LogP contribution in [0.5, 0.6) is 0 Å². The first kappa shape index (κ1) is 16.5. The fraction of sp³-hybridized carbons (Fsp3) is 0.250. The number of ether oxygens (including phenoxy) is 1. The van der Waals surface area contributed by atoms with Crippen molar-refractivity contribution in [3.8, 4) is 0 Å². The van der Waals surface area contributed by atoms with Gasteiger partial charge in [0.25, 0.3) is 5.91 Å². The molecule has 1 amide bonds. The fourth-order valence-corrected chi connectivity index (χ4v) is 3.17. The van der Waals surface area contributed by atoms with Gasteiger partial charge in [-0.25, -0.2) is 4.98 Å². The number of morpholine rings is 1. The lowest BCUT2D eigenvalue weighted by Gasteiger charge is -2.29. The molecule has 6 heteroatoms. The lowest BCUT2D eigenvalue weighted by atomic mass is 10.1. The van der Waals surface area contributed by atoms with Gasteiger partial charge >= 0.3 is 0 Å². The smallest absolute Gasteiger partial charge is 0.253 e. The van der Waals surface area contributed by atoms with Crippen LogP contribution in [-0.4, -0.2) is 42.2 Å². The highest BCUT2D eigenvalue weighted by molar-refractivity contribution is 6.09. The molecule has 0 atom stereocenters. The van der Waals surface area contributed by atoms with E-state index in [1.807, 2.05) is 36.4 Å². The van der Waals surface area contributed by atoms with Crippen molar-refractivity contribution in [2.45, 2.75) is 6.54 Å². The summed E-state index contributed by atoms with van der Waals surface area (Å²) in [6.07, 6.45) is 5.14. The molecule has 3 heterocycles. The predicted molar refractivity (Wildman–Crippen MR) is 100 cm³/mol. The van der Waals surface area contributed by atoms with Crippen molar-refractivity contribution < 1.29 is 9.53 Å². The Morgan fingerprint density at radius 3 is 2.65 bits per heavy atom. The number of hydrogen-bond donors (Lipinski definition) is 1. The second-order valence-electron chi connectivity index (χ2n) is 6.18. The molecule has 0 radical (unpaired) electrons. The summed E-state index contributed by atoms with van der Waals surface area (Å²) in [5.41, 5.74) is 1.55. The van der Waals surface area contributed by atoms with E-state index in [1.54, 1.807) is 18.6 Å². The molecule has 0 spiro atoms. The van der Waals surface area contributed by atoms with Crippen LogP contribution in [0.2, 0.25) is 0 Å². The van der Waals surface area contributed by atoms with Crippen LogP contribution < -0.4 is 10.2 Å². The van der Waals surface area contributed by atoms with Crippen LogP contribution in [-0.2, 0) is 11.3 Å². The summed E-state index contributed by atoms with van der Waals surface area (Å²) < 4.78 is 5.43. The molecule has 2 aromatic heterocycles. The molecule has 26 heavy (non-hydrogen) atoms. The SMILES string of the molecule is O=C(NCc1cccnc1)c1cnc(N2CCOCC2)c2ccccc12. The maximum atomic E-state index is 12.7. The van der Waals surface area contributed by atoms with Crippen molar-refractivity contribution >= 4 is 22.5 Å². The highest BCUT2D eigenvalue weighted by Crippen LogP contribution is 2.27. The fourth-order valence-electron chi connectivity index (χ4n) is 3.17. The first-order valence-electron chi connectivity index (χ1n) is 8.70. The van der Waals surface area contributed by atoms with Crippen LogP contribution in [0.15, 0.2) is 55.0 Å². The van der Waals surface area contributed by atoms with Gasteiger partial charge in [-0.1, -0.05) is 30.3 Å². The Balaban J connectivity index is 1.62. The van der Waals surface area contributed by atoms with Gasteiger partial charge in [0.2, 0.25) is 0 Å². The lowest BCUT2D eigenvalue weighted by Crippen LogP contribution is -2.37. The van der Waals surface area contributed by atoms with E-state index in [1.165, 1.54) is 0 Å². The zero-order valence-electron chi connectivity index (χ0n) is 14.4. The van der Waals surface area contributed by atoms with Gasteiger partial charge in [-0.3, -0.25) is 9.78 Å². The summed E-state index contributed by atoms with van der Waals surface area (Å²) >= 11 is 0. The zero-order valence-corrected chi connectivity index (χ0v) is 14.4. The maximum Gasteiger partial charge on any atom is 0.253 e. The van der Waals surface area contributed by atoms with Gasteiger partial charge in [-0.05, 0) is 17.0 Å². The van der Waals surface area contributed by atoms with Gasteiger partial charge in [-0.15, -0.1) is 0 Å². The molecule has 1 aliphatic rings. The second kappa shape index (κ2) is 7.49. The third kappa shape index (κ3) is 3.36. The van der Waals surface area contributed by atoms with E-state index in [-0.39, 0.29) is 5.91 Å². The monoisotopic (exact) mass is 348 g/mol. The van der Waals surface area contributed by atoms with E-state index in [0.29, 0.717) is 25.3 Å². The number of rotatable bonds is 4. The number of carbonyl (C=O) groups excluding carboxylic acids is 1. The molecule has 3 aromatic rings. The lowest BCUT2D eigenvalue weighted by molar-refractivity contribution is 0.0952. The molecule has 6 nitrogen and oxygen atoms in total. The van der Waals surface area contributed by atoms with E-state index < -0.39 is 0 Å². The molecule has 4 rings (SSSR count). The van der Waals surface area contributed by atoms with Crippen LogP contribution in [0.3, 0.4) is 0 Å². The van der Waals surface area contributed by atoms with E-state index in [4.69, 9.17) is 4.74 Å². The minimum absolute atomic E-state index is 0.133. The summed E-state index contributed by atoms with van der Waals surface area (Å²) in [6, 6.07) is 11.7. The number of nitrogens with zero attached hydrogens (tertiary/aromatic N) is 3. The van der Waals surface area contributed by atoms with Crippen molar-refractivity contribution in [2.24, 2.45) is 0 Å². The molecular formula is C20H20N4O2. The van der Waals surface area contributed by atoms with Crippen LogP contribution in [0, 0.1) is 0 Å². The van der Waals surface area contributed by atoms with Gasteiger partial charge in [0.05, 0.1) is 18.8 Å². The summed E-state index contributed by atoms with van der Waals surface area (Å²) in [5.74, 6) is 0.777. The molecule has 1 aliphatic heterocycles. The number of hydrogen-bond acceptors (Lipinski definition) is 5. The van der Waals surface area contributed by atoms with Crippen LogP contribution in [0.1, 0.15) is 15.9 Å². The zero-order chi connectivity index (χ0) is 17.8. The molecule has 0 unspecified atom stereocenters. The molecule has 1 aromatic carbocycles. The number of fused-ring (bicyclic) bond motifs is 1. The number of aromatic nitrogens is 2. The summed E-state index contributed by atoms with van der Waals surface area (Å²) in [4.78, 5) is 23.6. The highest BCUT2D eigenvalue weighted by atomic mass is 16.5. The summed E-state index contributed by atoms with van der Waals surface area (Å²) in [5, 5.41) is 4.85. The van der Waals surface area contributed by atoms with Crippen molar-refractivity contribution in [1.82, 2.24) is 15.3 Å². The van der Waals surface area contributed by atoms with E-state index in [0.717, 1.165) is 35.2 Å². The Morgan fingerprint density at radius 2 is 1.88 bits per heavy atom. The van der Waals surface area contributed by atoms with Crippen LogP contribution in [0.25, 0.3) is 10.8 Å². The molecule has 0 bridgehead atoms. The van der Waals surface area contributed by atoms with Gasteiger partial charge < -0.3 is 15.0 Å². The Kier molecular flexibility index (Phi) is 4.75. The van der Waals surface area contributed by atoms with E-state index in [9.17, 15) is 4.79 Å². The molecule has 1 fully saturated rings. The first-order valence-corrected chi connectivity index (χ1v) is 8.70. The van der Waals surface area contributed by atoms with Crippen LogP contribution in [0.4, 0.5) is 5.82 Å². The number of carbonyl (C=O) groups is 1. The Bertz CT molecular complexity index is 908. The van der Waals surface area contributed by atoms with E-state index in [2.05, 4.69) is 20.2 Å². The number of benzene rings is 1. The predicted octanol–water partition coefficient (Wildman–Crippen LogP) is 2.40. The quantitative estimate of drug-likeness (QED) is 0.784. The van der Waals surface area contributed by atoms with Gasteiger partial charge in [0.1, 0.15) is 5.82 Å². The summed E-state index contributed by atoms with van der Waals surface area (Å²) in [7, 11) is 0. The number of pyridine rings is 2. The standard InChI is InChI=1S/C20H20N4O2/c25-20(23-13-15-4-3-7-21-12-15)18-14-22-19(24-8-10-26-11-9-24)17-6-2-1-5-16(17)18/h1-7,12,14H,8-11,13H2,(H,23,25). The molecular weight excluding hydrogens is 328 g/mol. The number of nitrogens with one attached hydrogen (secondary N) is 1. The minimum atomic E-state index is -0.133. The van der Waals surface area contributed by atoms with Gasteiger partial charge in [0.15, 0.2) is 0 Å². The highest BCUT2D eigenvalue weighted by Gasteiger charge is 2.18. The van der Waals surface area contributed by atoms with Crippen LogP contribution >= 0.6 is 0 Å². The van der Waals surface area contributed by atoms with Gasteiger partial charge in [0, 0.05) is 43.6 Å². The molecule has 1 N–H and O–H groups in total. The number of amides is 1. The topological polar surface area (TPSA) is 67.4 Å². The first-order chi connectivity index (χ1) is 12.8.